The Bertz CT molecular complexity index is 512. The number of nitrogens with zero attached hydrogens (tertiary/aromatic N) is 1. The number of hydrogen-bond donors (Lipinski definition) is 1. The number of allylic oxidation sites excluding steroid dienone is 1. The number of rotatable bonds is 2. The average molecular weight is 276 g/mol. The van der Waals surface area contributed by atoms with Gasteiger partial charge in [-0.1, -0.05) is 44.7 Å². The molecule has 1 heterocycles. The number of ether oxygens (including phenoxy) is 1. The van der Waals surface area contributed by atoms with E-state index in [2.05, 4.69) is 44.0 Å². The van der Waals surface area contributed by atoms with Gasteiger partial charge in [-0.25, -0.2) is 4.99 Å². The lowest BCUT2D eigenvalue weighted by Gasteiger charge is -2.26. The zero-order valence-electron chi connectivity index (χ0n) is 11.8. The standard InChI is InChI=1S/C15H20N2OS/c1-15(2,3)13-9-12(19-14(16)17-13)10-5-7-11(18-4)8-6-10/h5-9,12H,1-4H3,(H2,16,17). The van der Waals surface area contributed by atoms with Gasteiger partial charge < -0.3 is 10.5 Å². The zero-order valence-corrected chi connectivity index (χ0v) is 12.6. The molecule has 0 aliphatic carbocycles. The molecule has 0 saturated heterocycles. The molecule has 1 aliphatic rings. The molecule has 1 unspecified atom stereocenters. The van der Waals surface area contributed by atoms with Gasteiger partial charge in [-0.15, -0.1) is 0 Å². The fourth-order valence-electron chi connectivity index (χ4n) is 1.87. The first kappa shape index (κ1) is 14.0. The molecule has 4 heteroatoms. The summed E-state index contributed by atoms with van der Waals surface area (Å²) in [6.45, 7) is 6.45. The minimum atomic E-state index is 0.0102. The highest BCUT2D eigenvalue weighted by Gasteiger charge is 2.24. The van der Waals surface area contributed by atoms with Crippen LogP contribution in [0.1, 0.15) is 31.6 Å². The van der Waals surface area contributed by atoms with Crippen molar-refractivity contribution in [3.8, 4) is 5.75 Å². The quantitative estimate of drug-likeness (QED) is 0.895. The van der Waals surface area contributed by atoms with E-state index in [1.807, 2.05) is 12.1 Å². The normalized spacial score (nSPS) is 19.7. The molecule has 19 heavy (non-hydrogen) atoms. The van der Waals surface area contributed by atoms with Gasteiger partial charge in [-0.3, -0.25) is 0 Å². The first-order valence-corrected chi connectivity index (χ1v) is 7.15. The maximum absolute atomic E-state index is 5.95. The lowest BCUT2D eigenvalue weighted by atomic mass is 9.91. The van der Waals surface area contributed by atoms with E-state index in [0.717, 1.165) is 11.4 Å². The number of thioether (sulfide) groups is 1. The molecule has 1 aromatic carbocycles. The van der Waals surface area contributed by atoms with E-state index in [0.29, 0.717) is 5.17 Å². The largest absolute Gasteiger partial charge is 0.497 e. The Morgan fingerprint density at radius 3 is 2.37 bits per heavy atom. The molecule has 1 atom stereocenters. The van der Waals surface area contributed by atoms with E-state index in [1.54, 1.807) is 18.9 Å². The van der Waals surface area contributed by atoms with Crippen molar-refractivity contribution in [2.75, 3.05) is 7.11 Å². The van der Waals surface area contributed by atoms with Crippen LogP contribution in [0.25, 0.3) is 0 Å². The maximum Gasteiger partial charge on any atom is 0.159 e. The second kappa shape index (κ2) is 5.29. The van der Waals surface area contributed by atoms with Gasteiger partial charge in [0.05, 0.1) is 12.4 Å². The predicted molar refractivity (Wildman–Crippen MR) is 82.5 cm³/mol. The highest BCUT2D eigenvalue weighted by Crippen LogP contribution is 2.40. The van der Waals surface area contributed by atoms with E-state index < -0.39 is 0 Å². The van der Waals surface area contributed by atoms with E-state index in [9.17, 15) is 0 Å². The number of amidine groups is 1. The van der Waals surface area contributed by atoms with Gasteiger partial charge in [0.1, 0.15) is 5.75 Å². The van der Waals surface area contributed by atoms with Crippen molar-refractivity contribution in [3.63, 3.8) is 0 Å². The minimum absolute atomic E-state index is 0.0102. The van der Waals surface area contributed by atoms with Gasteiger partial charge in [-0.05, 0) is 23.8 Å². The van der Waals surface area contributed by atoms with Crippen LogP contribution >= 0.6 is 11.8 Å². The minimum Gasteiger partial charge on any atom is -0.497 e. The van der Waals surface area contributed by atoms with Crippen LogP contribution in [-0.2, 0) is 0 Å². The van der Waals surface area contributed by atoms with Crippen molar-refractivity contribution in [2.24, 2.45) is 16.1 Å². The lowest BCUT2D eigenvalue weighted by Crippen LogP contribution is -2.18. The summed E-state index contributed by atoms with van der Waals surface area (Å²) in [4.78, 5) is 4.46. The fraction of sp³-hybridized carbons (Fsp3) is 0.400. The number of nitrogens with two attached hydrogens (primary N) is 1. The first-order valence-electron chi connectivity index (χ1n) is 6.27. The van der Waals surface area contributed by atoms with Gasteiger partial charge in [0.2, 0.25) is 0 Å². The van der Waals surface area contributed by atoms with Gasteiger partial charge in [0.25, 0.3) is 0 Å². The third-order valence-electron chi connectivity index (χ3n) is 3.00. The Balaban J connectivity index is 2.30. The second-order valence-corrected chi connectivity index (χ2v) is 6.73. The summed E-state index contributed by atoms with van der Waals surface area (Å²) in [5.41, 5.74) is 8.22. The molecule has 0 radical (unpaired) electrons. The molecule has 0 saturated carbocycles. The number of hydrogen-bond acceptors (Lipinski definition) is 4. The van der Waals surface area contributed by atoms with E-state index >= 15 is 0 Å². The van der Waals surface area contributed by atoms with Gasteiger partial charge in [0, 0.05) is 11.1 Å². The van der Waals surface area contributed by atoms with E-state index in [4.69, 9.17) is 10.5 Å². The third-order valence-corrected chi connectivity index (χ3v) is 4.00. The highest BCUT2D eigenvalue weighted by molar-refractivity contribution is 8.14. The van der Waals surface area contributed by atoms with Gasteiger partial charge in [-0.2, -0.15) is 0 Å². The average Bonchev–Trinajstić information content (AvgIpc) is 2.37. The van der Waals surface area contributed by atoms with Crippen LogP contribution in [0, 0.1) is 5.41 Å². The summed E-state index contributed by atoms with van der Waals surface area (Å²) in [7, 11) is 1.67. The monoisotopic (exact) mass is 276 g/mol. The van der Waals surface area contributed by atoms with Crippen molar-refractivity contribution >= 4 is 16.9 Å². The van der Waals surface area contributed by atoms with Crippen LogP contribution in [0.5, 0.6) is 5.75 Å². The van der Waals surface area contributed by atoms with Crippen molar-refractivity contribution in [3.05, 3.63) is 41.6 Å². The summed E-state index contributed by atoms with van der Waals surface area (Å²) < 4.78 is 5.18. The molecule has 1 aliphatic heterocycles. The molecular formula is C15H20N2OS. The van der Waals surface area contributed by atoms with Crippen LogP contribution < -0.4 is 10.5 Å². The van der Waals surface area contributed by atoms with Crippen LogP contribution in [-0.4, -0.2) is 12.3 Å². The van der Waals surface area contributed by atoms with Gasteiger partial charge in [0.15, 0.2) is 5.17 Å². The lowest BCUT2D eigenvalue weighted by molar-refractivity contribution is 0.414. The van der Waals surface area contributed by atoms with E-state index in [1.165, 1.54) is 5.56 Å². The summed E-state index contributed by atoms with van der Waals surface area (Å²) in [5, 5.41) is 0.853. The molecule has 2 rings (SSSR count). The van der Waals surface area contributed by atoms with Crippen molar-refractivity contribution in [1.82, 2.24) is 0 Å². The number of benzene rings is 1. The SMILES string of the molecule is COc1ccc(C2C=C(C(C)(C)C)N=C(N)S2)cc1. The topological polar surface area (TPSA) is 47.6 Å². The summed E-state index contributed by atoms with van der Waals surface area (Å²) in [5.74, 6) is 0.867. The zero-order chi connectivity index (χ0) is 14.0. The molecule has 1 aromatic rings. The van der Waals surface area contributed by atoms with Crippen LogP contribution in [0.2, 0.25) is 0 Å². The van der Waals surface area contributed by atoms with Crippen molar-refractivity contribution in [2.45, 2.75) is 26.0 Å². The second-order valence-electron chi connectivity index (χ2n) is 5.56. The molecule has 2 N–H and O–H groups in total. The van der Waals surface area contributed by atoms with Crippen molar-refractivity contribution in [1.29, 1.82) is 0 Å². The number of methoxy groups -OCH3 is 1. The molecule has 0 aromatic heterocycles. The fourth-order valence-corrected chi connectivity index (χ4v) is 2.77. The smallest absolute Gasteiger partial charge is 0.159 e. The molecule has 102 valence electrons. The summed E-state index contributed by atoms with van der Waals surface area (Å²) in [6, 6.07) is 8.10. The third kappa shape index (κ3) is 3.32. The molecule has 0 spiro atoms. The Kier molecular flexibility index (Phi) is 3.90. The van der Waals surface area contributed by atoms with Crippen LogP contribution in [0.4, 0.5) is 0 Å². The maximum atomic E-state index is 5.95. The van der Waals surface area contributed by atoms with E-state index in [-0.39, 0.29) is 10.7 Å². The molecule has 0 bridgehead atoms. The molecule has 3 nitrogen and oxygen atoms in total. The van der Waals surface area contributed by atoms with Gasteiger partial charge >= 0.3 is 0 Å². The summed E-state index contributed by atoms with van der Waals surface area (Å²) >= 11 is 1.58. The van der Waals surface area contributed by atoms with Crippen LogP contribution in [0.3, 0.4) is 0 Å². The Labute approximate surface area is 118 Å². The van der Waals surface area contributed by atoms with Crippen molar-refractivity contribution < 1.29 is 4.74 Å². The Hall–Kier alpha value is -1.42. The Morgan fingerprint density at radius 1 is 1.21 bits per heavy atom. The highest BCUT2D eigenvalue weighted by atomic mass is 32.2. The number of aliphatic imine (C=N–C) groups is 1. The Morgan fingerprint density at radius 2 is 1.84 bits per heavy atom. The molecular weight excluding hydrogens is 256 g/mol. The predicted octanol–water partition coefficient (Wildman–Crippen LogP) is 3.73. The summed E-state index contributed by atoms with van der Waals surface area (Å²) in [6.07, 6.45) is 2.20. The molecule has 0 amide bonds. The first-order chi connectivity index (χ1) is 8.90. The molecule has 0 fully saturated rings. The van der Waals surface area contributed by atoms with Crippen LogP contribution in [0.15, 0.2) is 41.0 Å².